The van der Waals surface area contributed by atoms with Gasteiger partial charge in [0.05, 0.1) is 11.8 Å². The molecule has 4 nitrogen and oxygen atoms in total. The molecule has 0 spiro atoms. The van der Waals surface area contributed by atoms with Crippen molar-refractivity contribution in [2.45, 2.75) is 20.0 Å². The van der Waals surface area contributed by atoms with Crippen LogP contribution in [-0.2, 0) is 11.0 Å². The normalized spacial score (nSPS) is 11.6. The van der Waals surface area contributed by atoms with Gasteiger partial charge in [0.15, 0.2) is 6.61 Å². The van der Waals surface area contributed by atoms with Gasteiger partial charge in [-0.15, -0.1) is 0 Å². The molecule has 0 heterocycles. The minimum absolute atomic E-state index is 0.213. The van der Waals surface area contributed by atoms with Gasteiger partial charge >= 0.3 is 6.18 Å². The van der Waals surface area contributed by atoms with Crippen molar-refractivity contribution >= 4 is 23.7 Å². The standard InChI is InChI=1S/C18H16ClF3N2O2/c1-11-6-15(7-12(2)17(11)19)26-10-16(25)24-23-9-13-4-3-5-14(8-13)18(20,21)22/h3-9H,10H2,1-2H3,(H,24,25)/b23-9+. The van der Waals surface area contributed by atoms with Crippen molar-refractivity contribution in [3.63, 3.8) is 0 Å². The highest BCUT2D eigenvalue weighted by molar-refractivity contribution is 6.32. The number of rotatable bonds is 5. The summed E-state index contributed by atoms with van der Waals surface area (Å²) in [7, 11) is 0. The number of carbonyl (C=O) groups excluding carboxylic acids is 1. The van der Waals surface area contributed by atoms with Gasteiger partial charge in [-0.3, -0.25) is 4.79 Å². The van der Waals surface area contributed by atoms with Crippen LogP contribution in [0.25, 0.3) is 0 Å². The third kappa shape index (κ3) is 5.49. The zero-order valence-corrected chi connectivity index (χ0v) is 14.8. The Morgan fingerprint density at radius 2 is 1.88 bits per heavy atom. The molecular formula is C18H16ClF3N2O2. The predicted molar refractivity (Wildman–Crippen MR) is 93.6 cm³/mol. The first-order valence-electron chi connectivity index (χ1n) is 7.55. The van der Waals surface area contributed by atoms with E-state index in [9.17, 15) is 18.0 Å². The van der Waals surface area contributed by atoms with Crippen molar-refractivity contribution < 1.29 is 22.7 Å². The fraction of sp³-hybridized carbons (Fsp3) is 0.222. The highest BCUT2D eigenvalue weighted by atomic mass is 35.5. The van der Waals surface area contributed by atoms with Crippen molar-refractivity contribution in [3.8, 4) is 5.75 Å². The number of nitrogens with zero attached hydrogens (tertiary/aromatic N) is 1. The van der Waals surface area contributed by atoms with E-state index in [1.54, 1.807) is 12.1 Å². The van der Waals surface area contributed by atoms with E-state index in [0.717, 1.165) is 29.5 Å². The molecule has 1 amide bonds. The first-order valence-corrected chi connectivity index (χ1v) is 7.93. The summed E-state index contributed by atoms with van der Waals surface area (Å²) in [6.07, 6.45) is -3.31. The Labute approximate surface area is 153 Å². The van der Waals surface area contributed by atoms with E-state index in [0.29, 0.717) is 10.8 Å². The van der Waals surface area contributed by atoms with Gasteiger partial charge in [-0.05, 0) is 54.8 Å². The Bertz CT molecular complexity index is 812. The zero-order chi connectivity index (χ0) is 19.3. The Kier molecular flexibility index (Phi) is 6.26. The molecule has 0 radical (unpaired) electrons. The molecule has 1 N–H and O–H groups in total. The third-order valence-electron chi connectivity index (χ3n) is 3.40. The van der Waals surface area contributed by atoms with E-state index in [4.69, 9.17) is 16.3 Å². The minimum atomic E-state index is -4.43. The van der Waals surface area contributed by atoms with E-state index in [1.165, 1.54) is 12.1 Å². The second-order valence-corrected chi connectivity index (χ2v) is 5.95. The number of hydrazone groups is 1. The maximum Gasteiger partial charge on any atom is 0.416 e. The van der Waals surface area contributed by atoms with Gasteiger partial charge in [-0.25, -0.2) is 5.43 Å². The van der Waals surface area contributed by atoms with Gasteiger partial charge in [0.25, 0.3) is 5.91 Å². The van der Waals surface area contributed by atoms with Crippen molar-refractivity contribution in [2.75, 3.05) is 6.61 Å². The molecule has 138 valence electrons. The molecule has 0 atom stereocenters. The topological polar surface area (TPSA) is 50.7 Å². The summed E-state index contributed by atoms with van der Waals surface area (Å²) in [6.45, 7) is 3.35. The molecule has 0 fully saturated rings. The predicted octanol–water partition coefficient (Wildman–Crippen LogP) is 4.50. The van der Waals surface area contributed by atoms with Crippen LogP contribution in [0.2, 0.25) is 5.02 Å². The van der Waals surface area contributed by atoms with Crippen molar-refractivity contribution in [2.24, 2.45) is 5.10 Å². The summed E-state index contributed by atoms with van der Waals surface area (Å²) >= 11 is 6.05. The summed E-state index contributed by atoms with van der Waals surface area (Å²) in [5.74, 6) is -0.0557. The third-order valence-corrected chi connectivity index (χ3v) is 3.99. The van der Waals surface area contributed by atoms with Crippen LogP contribution < -0.4 is 10.2 Å². The SMILES string of the molecule is Cc1cc(OCC(=O)N/N=C/c2cccc(C(F)(F)F)c2)cc(C)c1Cl. The maximum atomic E-state index is 12.6. The fourth-order valence-electron chi connectivity index (χ4n) is 2.14. The Morgan fingerprint density at radius 1 is 1.23 bits per heavy atom. The van der Waals surface area contributed by atoms with Gasteiger partial charge in [-0.2, -0.15) is 18.3 Å². The van der Waals surface area contributed by atoms with Crippen LogP contribution in [0.4, 0.5) is 13.2 Å². The molecule has 0 unspecified atom stereocenters. The van der Waals surface area contributed by atoms with E-state index in [-0.39, 0.29) is 12.2 Å². The van der Waals surface area contributed by atoms with Crippen molar-refractivity contribution in [1.82, 2.24) is 5.43 Å². The molecule has 0 saturated carbocycles. The van der Waals surface area contributed by atoms with E-state index in [2.05, 4.69) is 10.5 Å². The van der Waals surface area contributed by atoms with Gasteiger partial charge in [0, 0.05) is 5.02 Å². The zero-order valence-electron chi connectivity index (χ0n) is 14.0. The highest BCUT2D eigenvalue weighted by Crippen LogP contribution is 2.29. The number of aryl methyl sites for hydroxylation is 2. The second kappa shape index (κ2) is 8.23. The lowest BCUT2D eigenvalue weighted by Gasteiger charge is -2.09. The summed E-state index contributed by atoms with van der Waals surface area (Å²) < 4.78 is 43.2. The molecule has 8 heteroatoms. The van der Waals surface area contributed by atoms with E-state index in [1.807, 2.05) is 13.8 Å². The van der Waals surface area contributed by atoms with Gasteiger partial charge < -0.3 is 4.74 Å². The van der Waals surface area contributed by atoms with Gasteiger partial charge in [0.1, 0.15) is 5.75 Å². The Hall–Kier alpha value is -2.54. The fourth-order valence-corrected chi connectivity index (χ4v) is 2.25. The number of carbonyl (C=O) groups is 1. The van der Waals surface area contributed by atoms with Crippen LogP contribution in [0, 0.1) is 13.8 Å². The summed E-state index contributed by atoms with van der Waals surface area (Å²) in [5, 5.41) is 4.27. The molecule has 0 aliphatic carbocycles. The smallest absolute Gasteiger partial charge is 0.416 e. The van der Waals surface area contributed by atoms with Crippen LogP contribution in [0.15, 0.2) is 41.5 Å². The minimum Gasteiger partial charge on any atom is -0.484 e. The van der Waals surface area contributed by atoms with Gasteiger partial charge in [0.2, 0.25) is 0 Å². The Balaban J connectivity index is 1.90. The summed E-state index contributed by atoms with van der Waals surface area (Å²) in [4.78, 5) is 11.7. The number of ether oxygens (including phenoxy) is 1. The monoisotopic (exact) mass is 384 g/mol. The van der Waals surface area contributed by atoms with Crippen LogP contribution in [0.3, 0.4) is 0 Å². The maximum absolute atomic E-state index is 12.6. The number of halogens is 4. The summed E-state index contributed by atoms with van der Waals surface area (Å²) in [6, 6.07) is 8.01. The molecule has 0 bridgehead atoms. The van der Waals surface area contributed by atoms with Crippen LogP contribution in [0.5, 0.6) is 5.75 Å². The molecule has 0 aromatic heterocycles. The van der Waals surface area contributed by atoms with E-state index >= 15 is 0 Å². The summed E-state index contributed by atoms with van der Waals surface area (Å²) in [5.41, 5.74) is 3.27. The molecule has 0 aliphatic heterocycles. The number of hydrogen-bond acceptors (Lipinski definition) is 3. The molecule has 2 aromatic carbocycles. The average molecular weight is 385 g/mol. The number of hydrogen-bond donors (Lipinski definition) is 1. The molecule has 0 aliphatic rings. The lowest BCUT2D eigenvalue weighted by Crippen LogP contribution is -2.24. The second-order valence-electron chi connectivity index (χ2n) is 5.58. The molecular weight excluding hydrogens is 369 g/mol. The highest BCUT2D eigenvalue weighted by Gasteiger charge is 2.30. The molecule has 2 aromatic rings. The van der Waals surface area contributed by atoms with Crippen LogP contribution in [-0.4, -0.2) is 18.7 Å². The first kappa shape index (κ1) is 19.8. The molecule has 26 heavy (non-hydrogen) atoms. The first-order chi connectivity index (χ1) is 12.2. The largest absolute Gasteiger partial charge is 0.484 e. The number of alkyl halides is 3. The Morgan fingerprint density at radius 3 is 2.50 bits per heavy atom. The lowest BCUT2D eigenvalue weighted by molar-refractivity contribution is -0.137. The van der Waals surface area contributed by atoms with Crippen LogP contribution >= 0.6 is 11.6 Å². The van der Waals surface area contributed by atoms with Gasteiger partial charge in [-0.1, -0.05) is 23.7 Å². The average Bonchev–Trinajstić information content (AvgIpc) is 2.57. The van der Waals surface area contributed by atoms with Crippen molar-refractivity contribution in [1.29, 1.82) is 0 Å². The molecule has 2 rings (SSSR count). The van der Waals surface area contributed by atoms with Crippen LogP contribution in [0.1, 0.15) is 22.3 Å². The number of nitrogens with one attached hydrogen (secondary N) is 1. The number of amides is 1. The number of benzene rings is 2. The molecule has 0 saturated heterocycles. The van der Waals surface area contributed by atoms with Crippen molar-refractivity contribution in [3.05, 3.63) is 63.7 Å². The lowest BCUT2D eigenvalue weighted by atomic mass is 10.1. The van der Waals surface area contributed by atoms with E-state index < -0.39 is 17.6 Å². The quantitative estimate of drug-likeness (QED) is 0.609.